The van der Waals surface area contributed by atoms with Gasteiger partial charge in [-0.05, 0) is 54.6 Å². The number of sulfonamides is 1. The lowest BCUT2D eigenvalue weighted by atomic mass is 10.2. The van der Waals surface area contributed by atoms with Gasteiger partial charge in [0.1, 0.15) is 5.75 Å². The highest BCUT2D eigenvalue weighted by molar-refractivity contribution is 7.92. The molecular formula is C21H17ClN2O6S. The molecule has 3 aromatic carbocycles. The van der Waals surface area contributed by atoms with Crippen molar-refractivity contribution in [1.82, 2.24) is 0 Å². The van der Waals surface area contributed by atoms with Crippen LogP contribution < -0.4 is 24.2 Å². The van der Waals surface area contributed by atoms with Crippen LogP contribution in [0.5, 0.6) is 17.2 Å². The minimum Gasteiger partial charge on any atom is -0.495 e. The molecule has 0 aromatic heterocycles. The van der Waals surface area contributed by atoms with Gasteiger partial charge in [0, 0.05) is 16.7 Å². The van der Waals surface area contributed by atoms with E-state index in [9.17, 15) is 13.2 Å². The summed E-state index contributed by atoms with van der Waals surface area (Å²) in [5.74, 6) is 0.864. The molecule has 10 heteroatoms. The van der Waals surface area contributed by atoms with Crippen molar-refractivity contribution < 1.29 is 27.4 Å². The summed E-state index contributed by atoms with van der Waals surface area (Å²) >= 11 is 5.85. The third kappa shape index (κ3) is 4.52. The molecule has 0 bridgehead atoms. The summed E-state index contributed by atoms with van der Waals surface area (Å²) in [5.41, 5.74) is 0.876. The van der Waals surface area contributed by atoms with Gasteiger partial charge in [-0.25, -0.2) is 8.42 Å². The number of fused-ring (bicyclic) bond motifs is 1. The molecule has 0 saturated carbocycles. The van der Waals surface area contributed by atoms with Crippen LogP contribution in [0.25, 0.3) is 0 Å². The van der Waals surface area contributed by atoms with Crippen LogP contribution in [-0.2, 0) is 10.0 Å². The predicted octanol–water partition coefficient (Wildman–Crippen LogP) is 4.13. The molecule has 1 aliphatic heterocycles. The molecule has 1 heterocycles. The fourth-order valence-corrected chi connectivity index (χ4v) is 4.12. The summed E-state index contributed by atoms with van der Waals surface area (Å²) in [6, 6.07) is 15.2. The minimum atomic E-state index is -3.95. The van der Waals surface area contributed by atoms with Crippen molar-refractivity contribution in [3.63, 3.8) is 0 Å². The number of hydrogen-bond donors (Lipinski definition) is 2. The normalized spacial score (nSPS) is 12.3. The first-order chi connectivity index (χ1) is 14.9. The van der Waals surface area contributed by atoms with Crippen LogP contribution in [0.3, 0.4) is 0 Å². The fourth-order valence-electron chi connectivity index (χ4n) is 2.92. The van der Waals surface area contributed by atoms with Crippen LogP contribution in [0.15, 0.2) is 65.6 Å². The van der Waals surface area contributed by atoms with Gasteiger partial charge in [-0.2, -0.15) is 0 Å². The average Bonchev–Trinajstić information content (AvgIpc) is 3.21. The molecule has 1 amide bonds. The lowest BCUT2D eigenvalue weighted by Gasteiger charge is -2.14. The van der Waals surface area contributed by atoms with Crippen LogP contribution >= 0.6 is 11.6 Å². The molecule has 1 aliphatic rings. The van der Waals surface area contributed by atoms with E-state index in [1.807, 2.05) is 0 Å². The highest BCUT2D eigenvalue weighted by atomic mass is 35.5. The molecular weight excluding hydrogens is 444 g/mol. The Morgan fingerprint density at radius 3 is 2.48 bits per heavy atom. The number of carbonyl (C=O) groups excluding carboxylic acids is 1. The number of carbonyl (C=O) groups is 1. The lowest BCUT2D eigenvalue weighted by Crippen LogP contribution is -2.15. The van der Waals surface area contributed by atoms with E-state index in [0.29, 0.717) is 33.5 Å². The maximum Gasteiger partial charge on any atom is 0.261 e. The lowest BCUT2D eigenvalue weighted by molar-refractivity contribution is 0.102. The van der Waals surface area contributed by atoms with Gasteiger partial charge in [-0.15, -0.1) is 0 Å². The Morgan fingerprint density at radius 2 is 1.74 bits per heavy atom. The average molecular weight is 461 g/mol. The van der Waals surface area contributed by atoms with E-state index in [-0.39, 0.29) is 17.4 Å². The van der Waals surface area contributed by atoms with Crippen molar-refractivity contribution in [1.29, 1.82) is 0 Å². The molecule has 31 heavy (non-hydrogen) atoms. The Hall–Kier alpha value is -3.43. The van der Waals surface area contributed by atoms with E-state index >= 15 is 0 Å². The first-order valence-corrected chi connectivity index (χ1v) is 10.9. The molecule has 160 valence electrons. The van der Waals surface area contributed by atoms with E-state index in [4.69, 9.17) is 25.8 Å². The fraction of sp³-hybridized carbons (Fsp3) is 0.0952. The topological polar surface area (TPSA) is 103 Å². The van der Waals surface area contributed by atoms with Crippen molar-refractivity contribution in [3.8, 4) is 17.2 Å². The number of nitrogens with one attached hydrogen (secondary N) is 2. The third-order valence-corrected chi connectivity index (χ3v) is 6.09. The van der Waals surface area contributed by atoms with Gasteiger partial charge in [0.2, 0.25) is 6.79 Å². The number of ether oxygens (including phenoxy) is 3. The van der Waals surface area contributed by atoms with Gasteiger partial charge < -0.3 is 19.5 Å². The molecule has 0 aliphatic carbocycles. The molecule has 0 radical (unpaired) electrons. The highest BCUT2D eigenvalue weighted by Crippen LogP contribution is 2.35. The van der Waals surface area contributed by atoms with Gasteiger partial charge >= 0.3 is 0 Å². The molecule has 0 saturated heterocycles. The molecule has 0 atom stereocenters. The van der Waals surface area contributed by atoms with Crippen LogP contribution in [0.4, 0.5) is 11.4 Å². The molecule has 0 fully saturated rings. The van der Waals surface area contributed by atoms with E-state index in [0.717, 1.165) is 0 Å². The van der Waals surface area contributed by atoms with Crippen molar-refractivity contribution in [2.24, 2.45) is 0 Å². The predicted molar refractivity (Wildman–Crippen MR) is 116 cm³/mol. The molecule has 0 spiro atoms. The number of rotatable bonds is 6. The number of benzene rings is 3. The van der Waals surface area contributed by atoms with Gasteiger partial charge in [0.05, 0.1) is 23.4 Å². The zero-order chi connectivity index (χ0) is 22.0. The number of methoxy groups -OCH3 is 1. The van der Waals surface area contributed by atoms with Crippen molar-refractivity contribution >= 4 is 38.9 Å². The van der Waals surface area contributed by atoms with Crippen LogP contribution in [-0.4, -0.2) is 28.2 Å². The summed E-state index contributed by atoms with van der Waals surface area (Å²) < 4.78 is 44.0. The molecule has 2 N–H and O–H groups in total. The van der Waals surface area contributed by atoms with E-state index in [1.165, 1.54) is 31.4 Å². The molecule has 0 unspecified atom stereocenters. The largest absolute Gasteiger partial charge is 0.495 e. The maximum atomic E-state index is 12.9. The Balaban J connectivity index is 1.59. The van der Waals surface area contributed by atoms with Gasteiger partial charge in [0.15, 0.2) is 11.5 Å². The van der Waals surface area contributed by atoms with E-state index in [1.54, 1.807) is 36.4 Å². The number of hydrogen-bond acceptors (Lipinski definition) is 6. The smallest absolute Gasteiger partial charge is 0.261 e. The number of anilines is 2. The van der Waals surface area contributed by atoms with Gasteiger partial charge in [-0.3, -0.25) is 9.52 Å². The number of halogens is 1. The van der Waals surface area contributed by atoms with Gasteiger partial charge in [0.25, 0.3) is 15.9 Å². The number of amides is 1. The monoisotopic (exact) mass is 460 g/mol. The SMILES string of the molecule is COc1ccc(S(=O)(=O)Nc2ccc3c(c2)OCO3)cc1NC(=O)c1ccc(Cl)cc1. The van der Waals surface area contributed by atoms with Crippen LogP contribution in [0.2, 0.25) is 5.02 Å². The third-order valence-electron chi connectivity index (χ3n) is 4.46. The Bertz CT molecular complexity index is 1250. The summed E-state index contributed by atoms with van der Waals surface area (Å²) in [7, 11) is -2.53. The molecule has 8 nitrogen and oxygen atoms in total. The molecule has 3 aromatic rings. The quantitative estimate of drug-likeness (QED) is 0.573. The summed E-state index contributed by atoms with van der Waals surface area (Å²) in [6.45, 7) is 0.0840. The molecule has 4 rings (SSSR count). The first kappa shape index (κ1) is 20.8. The standard InChI is InChI=1S/C21H17ClN2O6S/c1-28-18-9-7-16(11-17(18)23-21(25)13-2-4-14(22)5-3-13)31(26,27)24-15-6-8-19-20(10-15)30-12-29-19/h2-11,24H,12H2,1H3,(H,23,25). The second-order valence-corrected chi connectivity index (χ2v) is 8.62. The zero-order valence-electron chi connectivity index (χ0n) is 16.2. The van der Waals surface area contributed by atoms with Crippen molar-refractivity contribution in [3.05, 3.63) is 71.2 Å². The first-order valence-electron chi connectivity index (χ1n) is 9.03. The minimum absolute atomic E-state index is 0.0580. The van der Waals surface area contributed by atoms with Gasteiger partial charge in [-0.1, -0.05) is 11.6 Å². The Morgan fingerprint density at radius 1 is 1.00 bits per heavy atom. The second kappa shape index (κ2) is 8.37. The zero-order valence-corrected chi connectivity index (χ0v) is 17.8. The van der Waals surface area contributed by atoms with Crippen molar-refractivity contribution in [2.45, 2.75) is 4.90 Å². The van der Waals surface area contributed by atoms with Crippen molar-refractivity contribution in [2.75, 3.05) is 23.9 Å². The summed E-state index contributed by atoms with van der Waals surface area (Å²) in [5, 5.41) is 3.17. The Labute approximate surface area is 183 Å². The maximum absolute atomic E-state index is 12.9. The van der Waals surface area contributed by atoms with E-state index < -0.39 is 15.9 Å². The highest BCUT2D eigenvalue weighted by Gasteiger charge is 2.20. The Kier molecular flexibility index (Phi) is 5.62. The second-order valence-electron chi connectivity index (χ2n) is 6.50. The van der Waals surface area contributed by atoms with Crippen LogP contribution in [0, 0.1) is 0 Å². The van der Waals surface area contributed by atoms with E-state index in [2.05, 4.69) is 10.0 Å². The summed E-state index contributed by atoms with van der Waals surface area (Å²) in [6.07, 6.45) is 0. The summed E-state index contributed by atoms with van der Waals surface area (Å²) in [4.78, 5) is 12.5. The van der Waals surface area contributed by atoms with Crippen LogP contribution in [0.1, 0.15) is 10.4 Å².